The van der Waals surface area contributed by atoms with Gasteiger partial charge in [0.15, 0.2) is 0 Å². The van der Waals surface area contributed by atoms with Crippen LogP contribution in [0.25, 0.3) is 0 Å². The topological polar surface area (TPSA) is 45.1 Å². The zero-order valence-corrected chi connectivity index (χ0v) is 9.82. The van der Waals surface area contributed by atoms with Crippen molar-refractivity contribution in [3.63, 3.8) is 0 Å². The van der Waals surface area contributed by atoms with Crippen molar-refractivity contribution in [3.8, 4) is 0 Å². The normalized spacial score (nSPS) is 13.1. The molecule has 3 nitrogen and oxygen atoms in total. The fourth-order valence-electron chi connectivity index (χ4n) is 1.18. The summed E-state index contributed by atoms with van der Waals surface area (Å²) >= 11 is 1.72. The van der Waals surface area contributed by atoms with Crippen LogP contribution >= 0.6 is 11.3 Å². The van der Waals surface area contributed by atoms with Crippen molar-refractivity contribution in [1.82, 2.24) is 10.3 Å². The van der Waals surface area contributed by atoms with E-state index in [1.807, 2.05) is 6.92 Å². The number of aryl methyl sites for hydroxylation is 2. The van der Waals surface area contributed by atoms with E-state index in [0.717, 1.165) is 23.7 Å². The molecule has 1 rings (SSSR count). The molecule has 0 amide bonds. The molecule has 1 heterocycles. The van der Waals surface area contributed by atoms with Crippen molar-refractivity contribution in [2.75, 3.05) is 6.61 Å². The van der Waals surface area contributed by atoms with Crippen molar-refractivity contribution in [2.24, 2.45) is 0 Å². The molecule has 0 saturated carbocycles. The van der Waals surface area contributed by atoms with Gasteiger partial charge in [-0.25, -0.2) is 4.98 Å². The molecular weight excluding hydrogens is 196 g/mol. The average Bonchev–Trinajstić information content (AvgIpc) is 2.48. The van der Waals surface area contributed by atoms with Crippen LogP contribution in [0, 0.1) is 13.8 Å². The van der Waals surface area contributed by atoms with Crippen LogP contribution in [0.1, 0.15) is 28.9 Å². The van der Waals surface area contributed by atoms with Crippen molar-refractivity contribution in [2.45, 2.75) is 39.8 Å². The van der Waals surface area contributed by atoms with Crippen LogP contribution in [0.2, 0.25) is 0 Å². The second-order valence-electron chi connectivity index (χ2n) is 3.42. The van der Waals surface area contributed by atoms with Gasteiger partial charge in [-0.05, 0) is 20.3 Å². The largest absolute Gasteiger partial charge is 0.395 e. The van der Waals surface area contributed by atoms with E-state index in [0.29, 0.717) is 0 Å². The van der Waals surface area contributed by atoms with E-state index in [2.05, 4.69) is 24.1 Å². The van der Waals surface area contributed by atoms with Gasteiger partial charge in [0.05, 0.1) is 12.3 Å². The second kappa shape index (κ2) is 5.44. The van der Waals surface area contributed by atoms with Gasteiger partial charge in [-0.15, -0.1) is 11.3 Å². The van der Waals surface area contributed by atoms with Gasteiger partial charge in [-0.1, -0.05) is 6.92 Å². The zero-order valence-electron chi connectivity index (χ0n) is 9.00. The fourth-order valence-corrected chi connectivity index (χ4v) is 2.07. The predicted molar refractivity (Wildman–Crippen MR) is 59.6 cm³/mol. The molecule has 0 bridgehead atoms. The van der Waals surface area contributed by atoms with Crippen LogP contribution < -0.4 is 5.32 Å². The van der Waals surface area contributed by atoms with Crippen LogP contribution in [0.15, 0.2) is 0 Å². The summed E-state index contributed by atoms with van der Waals surface area (Å²) in [4.78, 5) is 5.70. The molecule has 2 N–H and O–H groups in total. The molecule has 1 aromatic heterocycles. The third-order valence-electron chi connectivity index (χ3n) is 2.33. The van der Waals surface area contributed by atoms with Gasteiger partial charge in [-0.3, -0.25) is 0 Å². The first-order valence-electron chi connectivity index (χ1n) is 4.94. The van der Waals surface area contributed by atoms with E-state index >= 15 is 0 Å². The maximum Gasteiger partial charge on any atom is 0.107 e. The van der Waals surface area contributed by atoms with Gasteiger partial charge < -0.3 is 10.4 Å². The number of rotatable bonds is 5. The lowest BCUT2D eigenvalue weighted by molar-refractivity contribution is 0.238. The first kappa shape index (κ1) is 11.6. The number of nitrogens with zero attached hydrogens (tertiary/aromatic N) is 1. The number of aromatic nitrogens is 1. The molecule has 0 aliphatic carbocycles. The van der Waals surface area contributed by atoms with Gasteiger partial charge in [0.25, 0.3) is 0 Å². The summed E-state index contributed by atoms with van der Waals surface area (Å²) in [5.74, 6) is 0. The van der Waals surface area contributed by atoms with E-state index in [9.17, 15) is 0 Å². The summed E-state index contributed by atoms with van der Waals surface area (Å²) < 4.78 is 0. The monoisotopic (exact) mass is 214 g/mol. The third-order valence-corrected chi connectivity index (χ3v) is 3.40. The number of aliphatic hydroxyl groups excluding tert-OH is 1. The van der Waals surface area contributed by atoms with E-state index < -0.39 is 0 Å². The second-order valence-corrected chi connectivity index (χ2v) is 4.71. The number of hydrogen-bond acceptors (Lipinski definition) is 4. The Labute approximate surface area is 89.2 Å². The third kappa shape index (κ3) is 3.04. The lowest BCUT2D eigenvalue weighted by Crippen LogP contribution is -2.31. The SMILES string of the molecule is CCC(CO)NCc1nc(C)c(C)s1. The highest BCUT2D eigenvalue weighted by Crippen LogP contribution is 2.16. The van der Waals surface area contributed by atoms with Crippen LogP contribution in [0.3, 0.4) is 0 Å². The van der Waals surface area contributed by atoms with E-state index in [4.69, 9.17) is 5.11 Å². The quantitative estimate of drug-likeness (QED) is 0.783. The standard InChI is InChI=1S/C10H18N2OS/c1-4-9(6-13)11-5-10-12-7(2)8(3)14-10/h9,11,13H,4-6H2,1-3H3. The molecular formula is C10H18N2OS. The molecule has 0 aromatic carbocycles. The Morgan fingerprint density at radius 3 is 2.64 bits per heavy atom. The molecule has 0 fully saturated rings. The minimum absolute atomic E-state index is 0.194. The molecule has 4 heteroatoms. The summed E-state index contributed by atoms with van der Waals surface area (Å²) in [6.07, 6.45) is 0.944. The van der Waals surface area contributed by atoms with Gasteiger partial charge >= 0.3 is 0 Å². The van der Waals surface area contributed by atoms with Crippen LogP contribution in [0.5, 0.6) is 0 Å². The summed E-state index contributed by atoms with van der Waals surface area (Å²) in [6.45, 7) is 7.13. The highest BCUT2D eigenvalue weighted by Gasteiger charge is 2.06. The first-order valence-corrected chi connectivity index (χ1v) is 5.76. The zero-order chi connectivity index (χ0) is 10.6. The molecule has 0 aliphatic rings. The molecule has 1 atom stereocenters. The van der Waals surface area contributed by atoms with Gasteiger partial charge in [0, 0.05) is 17.5 Å². The Hall–Kier alpha value is -0.450. The molecule has 80 valence electrons. The molecule has 0 saturated heterocycles. The highest BCUT2D eigenvalue weighted by molar-refractivity contribution is 7.11. The molecule has 14 heavy (non-hydrogen) atoms. The lowest BCUT2D eigenvalue weighted by Gasteiger charge is -2.11. The van der Waals surface area contributed by atoms with Crippen molar-refractivity contribution >= 4 is 11.3 Å². The Morgan fingerprint density at radius 2 is 2.21 bits per heavy atom. The van der Waals surface area contributed by atoms with Gasteiger partial charge in [-0.2, -0.15) is 0 Å². The summed E-state index contributed by atoms with van der Waals surface area (Å²) in [6, 6.07) is 0.194. The highest BCUT2D eigenvalue weighted by atomic mass is 32.1. The Kier molecular flexibility index (Phi) is 4.51. The van der Waals surface area contributed by atoms with Crippen molar-refractivity contribution in [3.05, 3.63) is 15.6 Å². The van der Waals surface area contributed by atoms with Gasteiger partial charge in [0.2, 0.25) is 0 Å². The minimum Gasteiger partial charge on any atom is -0.395 e. The maximum atomic E-state index is 8.98. The predicted octanol–water partition coefficient (Wildman–Crippen LogP) is 1.62. The first-order chi connectivity index (χ1) is 6.67. The minimum atomic E-state index is 0.194. The molecule has 0 aliphatic heterocycles. The van der Waals surface area contributed by atoms with E-state index in [-0.39, 0.29) is 12.6 Å². The maximum absolute atomic E-state index is 8.98. The summed E-state index contributed by atoms with van der Waals surface area (Å²) in [5.41, 5.74) is 1.11. The lowest BCUT2D eigenvalue weighted by atomic mass is 10.2. The Bertz CT molecular complexity index is 262. The Balaban J connectivity index is 2.45. The fraction of sp³-hybridized carbons (Fsp3) is 0.700. The van der Waals surface area contributed by atoms with Gasteiger partial charge in [0.1, 0.15) is 5.01 Å². The van der Waals surface area contributed by atoms with Crippen LogP contribution in [0.4, 0.5) is 0 Å². The van der Waals surface area contributed by atoms with E-state index in [1.165, 1.54) is 4.88 Å². The molecule has 1 unspecified atom stereocenters. The van der Waals surface area contributed by atoms with Crippen molar-refractivity contribution < 1.29 is 5.11 Å². The number of hydrogen-bond donors (Lipinski definition) is 2. The van der Waals surface area contributed by atoms with Crippen molar-refractivity contribution in [1.29, 1.82) is 0 Å². The number of aliphatic hydroxyl groups is 1. The summed E-state index contributed by atoms with van der Waals surface area (Å²) in [5, 5.41) is 13.4. The molecule has 0 spiro atoms. The van der Waals surface area contributed by atoms with Crippen LogP contribution in [-0.4, -0.2) is 22.7 Å². The molecule has 1 aromatic rings. The smallest absolute Gasteiger partial charge is 0.107 e. The number of nitrogens with one attached hydrogen (secondary N) is 1. The average molecular weight is 214 g/mol. The summed E-state index contributed by atoms with van der Waals surface area (Å²) in [7, 11) is 0. The molecule has 0 radical (unpaired) electrons. The Morgan fingerprint density at radius 1 is 1.50 bits per heavy atom. The number of thiazole rings is 1. The van der Waals surface area contributed by atoms with Crippen LogP contribution in [-0.2, 0) is 6.54 Å². The van der Waals surface area contributed by atoms with E-state index in [1.54, 1.807) is 11.3 Å².